The molecule has 0 saturated carbocycles. The van der Waals surface area contributed by atoms with Gasteiger partial charge in [0.25, 0.3) is 0 Å². The highest BCUT2D eigenvalue weighted by Crippen LogP contribution is 2.44. The minimum atomic E-state index is 1.10. The highest BCUT2D eigenvalue weighted by molar-refractivity contribution is 6.12. The normalized spacial score (nSPS) is 11.0. The number of fused-ring (bicyclic) bond motifs is 2. The molecule has 34 heavy (non-hydrogen) atoms. The molecule has 0 nitrogen and oxygen atoms in total. The lowest BCUT2D eigenvalue weighted by molar-refractivity contribution is 1.44. The van der Waals surface area contributed by atoms with Crippen LogP contribution >= 0.6 is 0 Å². The number of benzene rings is 5. The van der Waals surface area contributed by atoms with Crippen molar-refractivity contribution < 1.29 is 0 Å². The van der Waals surface area contributed by atoms with Gasteiger partial charge in [0, 0.05) is 0 Å². The van der Waals surface area contributed by atoms with E-state index in [2.05, 4.69) is 112 Å². The van der Waals surface area contributed by atoms with E-state index in [4.69, 9.17) is 0 Å². The van der Waals surface area contributed by atoms with Crippen LogP contribution < -0.4 is 0 Å². The van der Waals surface area contributed by atoms with Gasteiger partial charge in [0.05, 0.1) is 0 Å². The molecule has 0 atom stereocenters. The molecule has 0 spiro atoms. The predicted octanol–water partition coefficient (Wildman–Crippen LogP) is 9.87. The van der Waals surface area contributed by atoms with Crippen molar-refractivity contribution in [2.75, 3.05) is 0 Å². The van der Waals surface area contributed by atoms with E-state index >= 15 is 0 Å². The zero-order chi connectivity index (χ0) is 23.8. The highest BCUT2D eigenvalue weighted by Gasteiger charge is 2.19. The Morgan fingerprint density at radius 2 is 1.21 bits per heavy atom. The molecule has 0 aliphatic heterocycles. The van der Waals surface area contributed by atoms with E-state index in [9.17, 15) is 0 Å². The van der Waals surface area contributed by atoms with Crippen LogP contribution in [0, 0.1) is 13.8 Å². The predicted molar refractivity (Wildman–Crippen MR) is 152 cm³/mol. The average molecular weight is 437 g/mol. The number of rotatable bonds is 5. The Hall–Kier alpha value is -4.16. The minimum absolute atomic E-state index is 1.10. The molecule has 0 heterocycles. The minimum Gasteiger partial charge on any atom is -0.0985 e. The molecule has 5 rings (SSSR count). The molecule has 0 aromatic heterocycles. The summed E-state index contributed by atoms with van der Waals surface area (Å²) in [4.78, 5) is 0. The van der Waals surface area contributed by atoms with E-state index in [-0.39, 0.29) is 0 Å². The topological polar surface area (TPSA) is 0 Å². The van der Waals surface area contributed by atoms with Crippen molar-refractivity contribution in [3.63, 3.8) is 0 Å². The van der Waals surface area contributed by atoms with Crippen LogP contribution in [-0.2, 0) is 0 Å². The molecule has 0 unspecified atom stereocenters. The molecule has 0 fully saturated rings. The van der Waals surface area contributed by atoms with Crippen molar-refractivity contribution in [1.29, 1.82) is 0 Å². The average Bonchev–Trinajstić information content (AvgIpc) is 2.87. The van der Waals surface area contributed by atoms with Crippen molar-refractivity contribution >= 4 is 39.8 Å². The Labute approximate surface area is 202 Å². The van der Waals surface area contributed by atoms with Crippen molar-refractivity contribution in [2.24, 2.45) is 0 Å². The summed E-state index contributed by atoms with van der Waals surface area (Å²) in [6, 6.07) is 28.6. The standard InChI is InChI=1S/C34H28/c1-6-24-20-27(15-14-23(24)5)33-29(7-2)30(8-3)34(32-19-22(4)13-18-31(32)33)28-17-16-25-11-9-10-12-26(25)21-28/h6-21H,1-3H2,4-5H3. The first-order valence-electron chi connectivity index (χ1n) is 11.6. The van der Waals surface area contributed by atoms with Gasteiger partial charge in [0.15, 0.2) is 0 Å². The summed E-state index contributed by atoms with van der Waals surface area (Å²) in [7, 11) is 0. The van der Waals surface area contributed by atoms with E-state index in [1.807, 2.05) is 18.2 Å². The fourth-order valence-corrected chi connectivity index (χ4v) is 5.05. The number of hydrogen-bond donors (Lipinski definition) is 0. The zero-order valence-electron chi connectivity index (χ0n) is 19.9. The lowest BCUT2D eigenvalue weighted by Crippen LogP contribution is -1.97. The molecule has 5 aromatic rings. The maximum Gasteiger partial charge on any atom is -0.00263 e. The smallest absolute Gasteiger partial charge is 0.00263 e. The van der Waals surface area contributed by atoms with Gasteiger partial charge in [0.2, 0.25) is 0 Å². The molecule has 0 saturated heterocycles. The molecule has 0 N–H and O–H groups in total. The quantitative estimate of drug-likeness (QED) is 0.257. The van der Waals surface area contributed by atoms with Gasteiger partial charge in [-0.1, -0.05) is 110 Å². The summed E-state index contributed by atoms with van der Waals surface area (Å²) in [6.07, 6.45) is 5.88. The third-order valence-electron chi connectivity index (χ3n) is 6.78. The van der Waals surface area contributed by atoms with Crippen LogP contribution in [0.15, 0.2) is 98.6 Å². The molecule has 0 aliphatic rings. The lowest BCUT2D eigenvalue weighted by atomic mass is 9.82. The van der Waals surface area contributed by atoms with E-state index in [1.165, 1.54) is 49.4 Å². The lowest BCUT2D eigenvalue weighted by Gasteiger charge is -2.21. The SMILES string of the molecule is C=Cc1cc(-c2c(C=C)c(C=C)c(-c3ccc4ccccc4c3)c3cc(C)ccc23)ccc1C. The van der Waals surface area contributed by atoms with Crippen LogP contribution in [0.25, 0.3) is 62.0 Å². The maximum atomic E-state index is 4.24. The Kier molecular flexibility index (Phi) is 5.51. The first-order valence-corrected chi connectivity index (χ1v) is 11.6. The second-order valence-electron chi connectivity index (χ2n) is 8.87. The fourth-order valence-electron chi connectivity index (χ4n) is 5.05. The molecule has 0 radical (unpaired) electrons. The summed E-state index contributed by atoms with van der Waals surface area (Å²) in [5.41, 5.74) is 10.6. The third kappa shape index (κ3) is 3.49. The Bertz CT molecular complexity index is 1610. The first kappa shape index (κ1) is 21.7. The summed E-state index contributed by atoms with van der Waals surface area (Å²) in [6.45, 7) is 16.8. The van der Waals surface area contributed by atoms with Crippen molar-refractivity contribution in [2.45, 2.75) is 13.8 Å². The number of hydrogen-bond acceptors (Lipinski definition) is 0. The second kappa shape index (κ2) is 8.65. The van der Waals surface area contributed by atoms with Crippen molar-refractivity contribution in [3.05, 3.63) is 126 Å². The highest BCUT2D eigenvalue weighted by atomic mass is 14.2. The van der Waals surface area contributed by atoms with Crippen molar-refractivity contribution in [1.82, 2.24) is 0 Å². The molecule has 0 heteroatoms. The van der Waals surface area contributed by atoms with Gasteiger partial charge in [-0.2, -0.15) is 0 Å². The molecule has 0 amide bonds. The van der Waals surface area contributed by atoms with Crippen LogP contribution in [0.4, 0.5) is 0 Å². The zero-order valence-corrected chi connectivity index (χ0v) is 19.9. The van der Waals surface area contributed by atoms with Gasteiger partial charge < -0.3 is 0 Å². The Balaban J connectivity index is 1.94. The van der Waals surface area contributed by atoms with Crippen LogP contribution in [-0.4, -0.2) is 0 Å². The van der Waals surface area contributed by atoms with Gasteiger partial charge in [-0.05, 0) is 92.0 Å². The number of aryl methyl sites for hydroxylation is 2. The van der Waals surface area contributed by atoms with E-state index < -0.39 is 0 Å². The van der Waals surface area contributed by atoms with E-state index in [0.29, 0.717) is 0 Å². The van der Waals surface area contributed by atoms with Gasteiger partial charge >= 0.3 is 0 Å². The van der Waals surface area contributed by atoms with Crippen LogP contribution in [0.3, 0.4) is 0 Å². The summed E-state index contributed by atoms with van der Waals surface area (Å²) in [5, 5.41) is 4.91. The van der Waals surface area contributed by atoms with Gasteiger partial charge in [-0.3, -0.25) is 0 Å². The summed E-state index contributed by atoms with van der Waals surface area (Å²) >= 11 is 0. The Morgan fingerprint density at radius 3 is 1.91 bits per heavy atom. The molecule has 5 aromatic carbocycles. The van der Waals surface area contributed by atoms with Crippen LogP contribution in [0.1, 0.15) is 27.8 Å². The third-order valence-corrected chi connectivity index (χ3v) is 6.78. The summed E-state index contributed by atoms with van der Waals surface area (Å²) in [5.74, 6) is 0. The first-order chi connectivity index (χ1) is 16.5. The van der Waals surface area contributed by atoms with Crippen LogP contribution in [0.5, 0.6) is 0 Å². The molecular formula is C34H28. The van der Waals surface area contributed by atoms with E-state index in [1.54, 1.807) is 0 Å². The molecular weight excluding hydrogens is 408 g/mol. The van der Waals surface area contributed by atoms with E-state index in [0.717, 1.165) is 22.3 Å². The van der Waals surface area contributed by atoms with Gasteiger partial charge in [-0.15, -0.1) is 0 Å². The summed E-state index contributed by atoms with van der Waals surface area (Å²) < 4.78 is 0. The largest absolute Gasteiger partial charge is 0.0985 e. The van der Waals surface area contributed by atoms with Gasteiger partial charge in [0.1, 0.15) is 0 Å². The van der Waals surface area contributed by atoms with Crippen molar-refractivity contribution in [3.8, 4) is 22.3 Å². The molecule has 0 bridgehead atoms. The molecule has 0 aliphatic carbocycles. The second-order valence-corrected chi connectivity index (χ2v) is 8.87. The monoisotopic (exact) mass is 436 g/mol. The fraction of sp³-hybridized carbons (Fsp3) is 0.0588. The van der Waals surface area contributed by atoms with Gasteiger partial charge in [-0.25, -0.2) is 0 Å². The van der Waals surface area contributed by atoms with Crippen LogP contribution in [0.2, 0.25) is 0 Å². The Morgan fingerprint density at radius 1 is 0.559 bits per heavy atom. The molecule has 164 valence electrons. The maximum absolute atomic E-state index is 4.24.